The second-order valence-electron chi connectivity index (χ2n) is 4.34. The summed E-state index contributed by atoms with van der Waals surface area (Å²) >= 11 is 0. The summed E-state index contributed by atoms with van der Waals surface area (Å²) in [5.74, 6) is -0.149. The fourth-order valence-corrected chi connectivity index (χ4v) is 1.99. The SMILES string of the molecule is O=C(Nc1cn[nH]c1-c1ccccc1)c1ccccc1. The first-order valence-electron chi connectivity index (χ1n) is 6.30. The smallest absolute Gasteiger partial charge is 0.255 e. The molecule has 2 aromatic carbocycles. The highest BCUT2D eigenvalue weighted by Crippen LogP contribution is 2.25. The minimum absolute atomic E-state index is 0.149. The van der Waals surface area contributed by atoms with Gasteiger partial charge in [0.05, 0.1) is 17.6 Å². The summed E-state index contributed by atoms with van der Waals surface area (Å²) in [5.41, 5.74) is 3.07. The highest BCUT2D eigenvalue weighted by Gasteiger charge is 2.11. The van der Waals surface area contributed by atoms with Gasteiger partial charge in [-0.05, 0) is 12.1 Å². The van der Waals surface area contributed by atoms with Gasteiger partial charge in [0.2, 0.25) is 0 Å². The van der Waals surface area contributed by atoms with Gasteiger partial charge in [-0.2, -0.15) is 5.10 Å². The van der Waals surface area contributed by atoms with Gasteiger partial charge in [-0.3, -0.25) is 9.89 Å². The first-order chi connectivity index (χ1) is 9.84. The number of nitrogens with one attached hydrogen (secondary N) is 2. The predicted octanol–water partition coefficient (Wildman–Crippen LogP) is 3.33. The molecule has 0 aliphatic heterocycles. The molecule has 0 aliphatic carbocycles. The van der Waals surface area contributed by atoms with Crippen LogP contribution in [0.1, 0.15) is 10.4 Å². The minimum atomic E-state index is -0.149. The largest absolute Gasteiger partial charge is 0.319 e. The van der Waals surface area contributed by atoms with Crippen LogP contribution in [0.4, 0.5) is 5.69 Å². The Labute approximate surface area is 116 Å². The Morgan fingerprint density at radius 2 is 1.60 bits per heavy atom. The fraction of sp³-hybridized carbons (Fsp3) is 0. The lowest BCUT2D eigenvalue weighted by molar-refractivity contribution is 0.102. The van der Waals surface area contributed by atoms with Gasteiger partial charge in [0, 0.05) is 11.1 Å². The summed E-state index contributed by atoms with van der Waals surface area (Å²) in [5, 5.41) is 9.79. The van der Waals surface area contributed by atoms with Gasteiger partial charge in [0.25, 0.3) is 5.91 Å². The molecule has 4 nitrogen and oxygen atoms in total. The Kier molecular flexibility index (Phi) is 3.29. The van der Waals surface area contributed by atoms with Crippen molar-refractivity contribution in [1.29, 1.82) is 0 Å². The van der Waals surface area contributed by atoms with Gasteiger partial charge < -0.3 is 5.32 Å². The molecule has 1 aromatic heterocycles. The average molecular weight is 263 g/mol. The van der Waals surface area contributed by atoms with E-state index in [2.05, 4.69) is 15.5 Å². The van der Waals surface area contributed by atoms with E-state index in [1.54, 1.807) is 18.3 Å². The lowest BCUT2D eigenvalue weighted by Crippen LogP contribution is -2.11. The number of aromatic amines is 1. The zero-order valence-corrected chi connectivity index (χ0v) is 10.7. The zero-order chi connectivity index (χ0) is 13.8. The number of hydrogen-bond donors (Lipinski definition) is 2. The Balaban J connectivity index is 1.86. The summed E-state index contributed by atoms with van der Waals surface area (Å²) in [7, 11) is 0. The van der Waals surface area contributed by atoms with Crippen molar-refractivity contribution < 1.29 is 4.79 Å². The number of benzene rings is 2. The maximum absolute atomic E-state index is 12.1. The van der Waals surface area contributed by atoms with Crippen LogP contribution in [0.15, 0.2) is 66.9 Å². The molecule has 0 saturated heterocycles. The van der Waals surface area contributed by atoms with E-state index in [4.69, 9.17) is 0 Å². The summed E-state index contributed by atoms with van der Waals surface area (Å²) in [6.45, 7) is 0. The van der Waals surface area contributed by atoms with E-state index in [1.807, 2.05) is 48.5 Å². The number of hydrogen-bond acceptors (Lipinski definition) is 2. The molecule has 0 radical (unpaired) electrons. The fourth-order valence-electron chi connectivity index (χ4n) is 1.99. The number of nitrogens with zero attached hydrogens (tertiary/aromatic N) is 1. The summed E-state index contributed by atoms with van der Waals surface area (Å²) in [6, 6.07) is 18.9. The maximum Gasteiger partial charge on any atom is 0.255 e. The van der Waals surface area contributed by atoms with Crippen LogP contribution in [0.2, 0.25) is 0 Å². The van der Waals surface area contributed by atoms with Crippen LogP contribution < -0.4 is 5.32 Å². The Morgan fingerprint density at radius 3 is 2.30 bits per heavy atom. The second kappa shape index (κ2) is 5.40. The van der Waals surface area contributed by atoms with Crippen molar-refractivity contribution in [3.63, 3.8) is 0 Å². The molecule has 0 spiro atoms. The normalized spacial score (nSPS) is 10.2. The van der Waals surface area contributed by atoms with E-state index in [0.29, 0.717) is 11.3 Å². The molecule has 1 heterocycles. The third-order valence-corrected chi connectivity index (χ3v) is 2.99. The van der Waals surface area contributed by atoms with Gasteiger partial charge in [-0.15, -0.1) is 0 Å². The van der Waals surface area contributed by atoms with Gasteiger partial charge in [0.15, 0.2) is 0 Å². The van der Waals surface area contributed by atoms with E-state index in [-0.39, 0.29) is 5.91 Å². The van der Waals surface area contributed by atoms with Gasteiger partial charge in [0.1, 0.15) is 0 Å². The molecule has 3 aromatic rings. The number of aromatic nitrogens is 2. The molecular formula is C16H13N3O. The summed E-state index contributed by atoms with van der Waals surface area (Å²) < 4.78 is 0. The highest BCUT2D eigenvalue weighted by molar-refractivity contribution is 6.05. The molecule has 98 valence electrons. The number of carbonyl (C=O) groups excluding carboxylic acids is 1. The van der Waals surface area contributed by atoms with Crippen LogP contribution in [0, 0.1) is 0 Å². The van der Waals surface area contributed by atoms with Crippen LogP contribution in [-0.4, -0.2) is 16.1 Å². The predicted molar refractivity (Wildman–Crippen MR) is 78.4 cm³/mol. The monoisotopic (exact) mass is 263 g/mol. The third kappa shape index (κ3) is 2.44. The molecule has 4 heteroatoms. The number of carbonyl (C=O) groups is 1. The number of H-pyrrole nitrogens is 1. The van der Waals surface area contributed by atoms with E-state index in [0.717, 1.165) is 11.3 Å². The van der Waals surface area contributed by atoms with E-state index in [1.165, 1.54) is 0 Å². The molecule has 1 amide bonds. The van der Waals surface area contributed by atoms with Crippen molar-refractivity contribution in [2.24, 2.45) is 0 Å². The first-order valence-corrected chi connectivity index (χ1v) is 6.30. The molecule has 3 rings (SSSR count). The summed E-state index contributed by atoms with van der Waals surface area (Å²) in [4.78, 5) is 12.1. The van der Waals surface area contributed by atoms with Gasteiger partial charge in [-0.25, -0.2) is 0 Å². The maximum atomic E-state index is 12.1. The van der Waals surface area contributed by atoms with Crippen molar-refractivity contribution in [3.05, 3.63) is 72.4 Å². The number of anilines is 1. The van der Waals surface area contributed by atoms with Gasteiger partial charge >= 0.3 is 0 Å². The van der Waals surface area contributed by atoms with E-state index >= 15 is 0 Å². The second-order valence-corrected chi connectivity index (χ2v) is 4.34. The molecule has 0 saturated carbocycles. The third-order valence-electron chi connectivity index (χ3n) is 2.99. The van der Waals surface area contributed by atoms with Crippen LogP contribution in [0.3, 0.4) is 0 Å². The number of rotatable bonds is 3. The molecule has 0 atom stereocenters. The van der Waals surface area contributed by atoms with E-state index in [9.17, 15) is 4.79 Å². The molecule has 0 unspecified atom stereocenters. The van der Waals surface area contributed by atoms with Crippen molar-refractivity contribution in [3.8, 4) is 11.3 Å². The van der Waals surface area contributed by atoms with Crippen molar-refractivity contribution in [2.45, 2.75) is 0 Å². The summed E-state index contributed by atoms with van der Waals surface area (Å²) in [6.07, 6.45) is 1.61. The molecule has 0 fully saturated rings. The van der Waals surface area contributed by atoms with Crippen LogP contribution in [0.5, 0.6) is 0 Å². The standard InChI is InChI=1S/C16H13N3O/c20-16(13-9-5-2-6-10-13)18-14-11-17-19-15(14)12-7-3-1-4-8-12/h1-11H,(H,17,19)(H,18,20). The van der Waals surface area contributed by atoms with Crippen LogP contribution in [0.25, 0.3) is 11.3 Å². The topological polar surface area (TPSA) is 57.8 Å². The van der Waals surface area contributed by atoms with Crippen molar-refractivity contribution in [2.75, 3.05) is 5.32 Å². The highest BCUT2D eigenvalue weighted by atomic mass is 16.1. The lowest BCUT2D eigenvalue weighted by atomic mass is 10.1. The molecule has 20 heavy (non-hydrogen) atoms. The minimum Gasteiger partial charge on any atom is -0.319 e. The van der Waals surface area contributed by atoms with Crippen LogP contribution in [-0.2, 0) is 0 Å². The Hall–Kier alpha value is -2.88. The zero-order valence-electron chi connectivity index (χ0n) is 10.7. The molecule has 0 bridgehead atoms. The van der Waals surface area contributed by atoms with E-state index < -0.39 is 0 Å². The van der Waals surface area contributed by atoms with Gasteiger partial charge in [-0.1, -0.05) is 48.5 Å². The molecule has 0 aliphatic rings. The molecular weight excluding hydrogens is 250 g/mol. The van der Waals surface area contributed by atoms with Crippen LogP contribution >= 0.6 is 0 Å². The first kappa shape index (κ1) is 12.2. The Bertz CT molecular complexity index is 705. The van der Waals surface area contributed by atoms with Crippen molar-refractivity contribution >= 4 is 11.6 Å². The average Bonchev–Trinajstić information content (AvgIpc) is 2.97. The lowest BCUT2D eigenvalue weighted by Gasteiger charge is -2.05. The quantitative estimate of drug-likeness (QED) is 0.761. The molecule has 2 N–H and O–H groups in total. The van der Waals surface area contributed by atoms with Crippen molar-refractivity contribution in [1.82, 2.24) is 10.2 Å². The number of amides is 1. The Morgan fingerprint density at radius 1 is 0.950 bits per heavy atom.